The molecule has 0 radical (unpaired) electrons. The zero-order chi connectivity index (χ0) is 32.8. The van der Waals surface area contributed by atoms with Crippen molar-refractivity contribution in [1.29, 1.82) is 0 Å². The molecule has 2 N–H and O–H groups in total. The minimum Gasteiger partial charge on any atom is -0.463 e. The van der Waals surface area contributed by atoms with Crippen molar-refractivity contribution in [3.63, 3.8) is 0 Å². The van der Waals surface area contributed by atoms with Crippen molar-refractivity contribution >= 4 is 109 Å². The van der Waals surface area contributed by atoms with Crippen molar-refractivity contribution < 1.29 is 62.0 Å². The number of nitrogens with one attached hydrogen (secondary N) is 2. The number of likely N-dealkylation sites (N-methyl/N-ethyl adjacent to an activating group) is 1. The summed E-state index contributed by atoms with van der Waals surface area (Å²) in [6, 6.07) is 0. The molecule has 0 aromatic heterocycles. The summed E-state index contributed by atoms with van der Waals surface area (Å²) in [6.07, 6.45) is -6.26. The highest BCUT2D eigenvalue weighted by atomic mass is 127. The molecular formula is C25H29I3N2O13. The number of esters is 5. The highest BCUT2D eigenvalue weighted by Crippen LogP contribution is 2.44. The first-order chi connectivity index (χ1) is 20.0. The van der Waals surface area contributed by atoms with Gasteiger partial charge >= 0.3 is 29.8 Å². The van der Waals surface area contributed by atoms with Crippen molar-refractivity contribution in [3.05, 3.63) is 18.8 Å². The Labute approximate surface area is 287 Å². The number of allylic oxidation sites excluding steroid dienone is 2. The number of carbonyl (C=O) groups excluding carboxylic acids is 7. The van der Waals surface area contributed by atoms with Crippen LogP contribution in [0, 0.1) is 0 Å². The molecule has 18 heteroatoms. The van der Waals surface area contributed by atoms with E-state index in [1.165, 1.54) is 20.0 Å². The van der Waals surface area contributed by atoms with Gasteiger partial charge in [-0.3, -0.25) is 28.8 Å². The zero-order valence-electron chi connectivity index (χ0n) is 23.7. The highest BCUT2D eigenvalue weighted by molar-refractivity contribution is 14.1. The van der Waals surface area contributed by atoms with Crippen LogP contribution in [0.1, 0.15) is 34.6 Å². The number of carbonyl (C=O) groups is 7. The van der Waals surface area contributed by atoms with Crippen molar-refractivity contribution in [2.75, 3.05) is 13.7 Å². The monoisotopic (exact) mass is 946 g/mol. The van der Waals surface area contributed by atoms with E-state index < -0.39 is 88.4 Å². The fraction of sp³-hybridized carbons (Fsp3) is 0.560. The normalized spacial score (nSPS) is 28.4. The lowest BCUT2D eigenvalue weighted by atomic mass is 9.85. The van der Waals surface area contributed by atoms with Crippen molar-refractivity contribution in [3.8, 4) is 0 Å². The van der Waals surface area contributed by atoms with Crippen LogP contribution in [0.3, 0.4) is 0 Å². The minimum absolute atomic E-state index is 0.0492. The molecule has 43 heavy (non-hydrogen) atoms. The number of alkyl halides is 1. The van der Waals surface area contributed by atoms with Crippen molar-refractivity contribution in [1.82, 2.24) is 10.6 Å². The molecule has 0 spiro atoms. The summed E-state index contributed by atoms with van der Waals surface area (Å²) in [5.74, 6) is -5.48. The molecule has 2 rings (SSSR count). The van der Waals surface area contributed by atoms with Crippen LogP contribution in [0.15, 0.2) is 18.8 Å². The van der Waals surface area contributed by atoms with Crippen molar-refractivity contribution in [2.45, 2.75) is 74.8 Å². The maximum Gasteiger partial charge on any atom is 0.338 e. The van der Waals surface area contributed by atoms with Gasteiger partial charge in [-0.15, -0.1) is 0 Å². The van der Waals surface area contributed by atoms with Gasteiger partial charge in [0.2, 0.25) is 18.3 Å². The van der Waals surface area contributed by atoms with E-state index >= 15 is 0 Å². The standard InChI is InChI=1S/C25H29I3N2O13/c1-9(31)30-25(24(37)29-6)16(27)7-14(26)17(21(25)28)22(36)43-23-20(41-13(5)35)19(40-12(4)34)18(39-11(3)33)15(42-23)8-38-10(2)32/h7,15,18-21,23H,8H2,1-6H3,(H,29,37)(H,30,31)/t15-,18-,19+,20-,21?,23-,25?/m1/s1. The Bertz CT molecular complexity index is 1250. The Morgan fingerprint density at radius 1 is 0.837 bits per heavy atom. The largest absolute Gasteiger partial charge is 0.463 e. The van der Waals surface area contributed by atoms with Crippen LogP contribution in [-0.4, -0.2) is 95.5 Å². The first kappa shape index (κ1) is 37.1. The number of halogens is 3. The van der Waals surface area contributed by atoms with Crippen LogP contribution >= 0.6 is 67.8 Å². The molecule has 238 valence electrons. The third-order valence-corrected chi connectivity index (χ3v) is 9.48. The molecule has 1 aliphatic heterocycles. The van der Waals surface area contributed by atoms with Gasteiger partial charge in [-0.25, -0.2) is 4.79 Å². The minimum atomic E-state index is -1.78. The molecule has 1 saturated heterocycles. The third kappa shape index (κ3) is 8.99. The molecule has 0 bridgehead atoms. The van der Waals surface area contributed by atoms with E-state index in [4.69, 9.17) is 28.4 Å². The second kappa shape index (κ2) is 15.8. The van der Waals surface area contributed by atoms with Crippen LogP contribution in [-0.2, 0) is 62.0 Å². The van der Waals surface area contributed by atoms with Gasteiger partial charge in [0.05, 0.1) is 9.50 Å². The SMILES string of the molecule is CNC(=O)C1(NC(C)=O)C(I)=CC(I)=C(C(=O)O[C@H]2O[C@H](COC(C)=O)[C@@H](OC(C)=O)[C@H](OC(C)=O)[C@H]2OC(C)=O)C1I. The summed E-state index contributed by atoms with van der Waals surface area (Å²) >= 11 is 5.60. The van der Waals surface area contributed by atoms with Gasteiger partial charge in [0.25, 0.3) is 5.91 Å². The van der Waals surface area contributed by atoms with Crippen LogP contribution in [0.5, 0.6) is 0 Å². The summed E-state index contributed by atoms with van der Waals surface area (Å²) in [4.78, 5) is 86.8. The summed E-state index contributed by atoms with van der Waals surface area (Å²) in [5.41, 5.74) is -1.74. The molecule has 1 heterocycles. The number of hydrogen-bond donors (Lipinski definition) is 2. The van der Waals surface area contributed by atoms with E-state index in [1.54, 1.807) is 0 Å². The maximum absolute atomic E-state index is 13.8. The molecule has 2 aliphatic rings. The van der Waals surface area contributed by atoms with E-state index in [9.17, 15) is 33.6 Å². The lowest BCUT2D eigenvalue weighted by molar-refractivity contribution is -0.299. The fourth-order valence-corrected chi connectivity index (χ4v) is 9.29. The van der Waals surface area contributed by atoms with E-state index in [0.717, 1.165) is 27.7 Å². The average molecular weight is 946 g/mol. The van der Waals surface area contributed by atoms with Crippen molar-refractivity contribution in [2.24, 2.45) is 0 Å². The third-order valence-electron chi connectivity index (χ3n) is 5.87. The zero-order valence-corrected chi connectivity index (χ0v) is 30.2. The van der Waals surface area contributed by atoms with Crippen LogP contribution in [0.2, 0.25) is 0 Å². The van der Waals surface area contributed by atoms with Gasteiger partial charge < -0.3 is 39.1 Å². The molecule has 7 atom stereocenters. The Morgan fingerprint density at radius 3 is 1.86 bits per heavy atom. The molecule has 2 amide bonds. The molecule has 1 fully saturated rings. The lowest BCUT2D eigenvalue weighted by Gasteiger charge is -2.44. The summed E-state index contributed by atoms with van der Waals surface area (Å²) in [7, 11) is 1.37. The summed E-state index contributed by atoms with van der Waals surface area (Å²) in [6.45, 7) is 4.98. The summed E-state index contributed by atoms with van der Waals surface area (Å²) < 4.78 is 32.3. The van der Waals surface area contributed by atoms with E-state index in [1.807, 2.05) is 67.8 Å². The van der Waals surface area contributed by atoms with Crippen LogP contribution in [0.4, 0.5) is 0 Å². The number of rotatable bonds is 9. The van der Waals surface area contributed by atoms with Crippen LogP contribution in [0.25, 0.3) is 0 Å². The van der Waals surface area contributed by atoms with E-state index in [0.29, 0.717) is 7.16 Å². The molecule has 15 nitrogen and oxygen atoms in total. The van der Waals surface area contributed by atoms with Gasteiger partial charge in [0, 0.05) is 48.8 Å². The Morgan fingerprint density at radius 2 is 1.37 bits per heavy atom. The van der Waals surface area contributed by atoms with Gasteiger partial charge in [0.1, 0.15) is 12.7 Å². The predicted octanol–water partition coefficient (Wildman–Crippen LogP) is 1.06. The lowest BCUT2D eigenvalue weighted by Crippen LogP contribution is -2.65. The Kier molecular flexibility index (Phi) is 13.6. The second-order valence-electron chi connectivity index (χ2n) is 9.16. The Hall–Kier alpha value is -2.08. The van der Waals surface area contributed by atoms with Gasteiger partial charge in [-0.05, 0) is 51.3 Å². The maximum atomic E-state index is 13.8. The molecule has 0 aromatic carbocycles. The average Bonchev–Trinajstić information content (AvgIpc) is 2.87. The van der Waals surface area contributed by atoms with Crippen LogP contribution < -0.4 is 10.6 Å². The van der Waals surface area contributed by atoms with Gasteiger partial charge in [0.15, 0.2) is 17.7 Å². The highest BCUT2D eigenvalue weighted by Gasteiger charge is 2.56. The quantitative estimate of drug-likeness (QED) is 0.144. The Balaban J connectivity index is 2.62. The summed E-state index contributed by atoms with van der Waals surface area (Å²) in [5, 5.41) is 5.15. The first-order valence-corrected chi connectivity index (χ1v) is 15.8. The first-order valence-electron chi connectivity index (χ1n) is 12.4. The topological polar surface area (TPSA) is 199 Å². The smallest absolute Gasteiger partial charge is 0.338 e. The number of amides is 2. The van der Waals surface area contributed by atoms with E-state index in [-0.39, 0.29) is 5.57 Å². The molecule has 0 aromatic rings. The molecular weight excluding hydrogens is 917 g/mol. The predicted molar refractivity (Wildman–Crippen MR) is 170 cm³/mol. The molecule has 1 aliphatic carbocycles. The fourth-order valence-electron chi connectivity index (χ4n) is 4.29. The van der Waals surface area contributed by atoms with E-state index in [2.05, 4.69) is 10.6 Å². The molecule has 0 saturated carbocycles. The number of hydrogen-bond acceptors (Lipinski definition) is 13. The van der Waals surface area contributed by atoms with Gasteiger partial charge in [-0.1, -0.05) is 22.6 Å². The molecule has 2 unspecified atom stereocenters. The second-order valence-corrected chi connectivity index (χ2v) is 12.7. The number of ether oxygens (including phenoxy) is 6. The van der Waals surface area contributed by atoms with Gasteiger partial charge in [-0.2, -0.15) is 0 Å².